The predicted octanol–water partition coefficient (Wildman–Crippen LogP) is 4.39. The van der Waals surface area contributed by atoms with Gasteiger partial charge in [0.1, 0.15) is 6.54 Å². The van der Waals surface area contributed by atoms with Crippen molar-refractivity contribution >= 4 is 17.4 Å². The summed E-state index contributed by atoms with van der Waals surface area (Å²) >= 11 is 6.46. The fraction of sp³-hybridized carbons (Fsp3) is 0.350. The smallest absolute Gasteiger partial charge is 0.198 e. The Kier molecular flexibility index (Phi) is 3.74. The van der Waals surface area contributed by atoms with Gasteiger partial charge in [0.2, 0.25) is 0 Å². The van der Waals surface area contributed by atoms with E-state index in [-0.39, 0.29) is 12.0 Å². The van der Waals surface area contributed by atoms with Crippen molar-refractivity contribution in [2.45, 2.75) is 25.4 Å². The highest BCUT2D eigenvalue weighted by Gasteiger charge is 2.54. The number of halogens is 1. The van der Waals surface area contributed by atoms with Crippen molar-refractivity contribution < 1.29 is 9.28 Å². The van der Waals surface area contributed by atoms with Gasteiger partial charge in [-0.1, -0.05) is 60.1 Å². The lowest BCUT2D eigenvalue weighted by Crippen LogP contribution is -2.63. The Balaban J connectivity index is 1.78. The molecule has 3 fully saturated rings. The summed E-state index contributed by atoms with van der Waals surface area (Å²) in [4.78, 5) is 13.1. The van der Waals surface area contributed by atoms with E-state index in [4.69, 9.17) is 11.6 Å². The van der Waals surface area contributed by atoms with E-state index in [0.29, 0.717) is 5.78 Å². The number of fused-ring (bicyclic) bond motifs is 3. The van der Waals surface area contributed by atoms with Gasteiger partial charge in [-0.3, -0.25) is 4.79 Å². The molecule has 2 bridgehead atoms. The molecule has 3 aliphatic heterocycles. The van der Waals surface area contributed by atoms with E-state index in [0.717, 1.165) is 47.5 Å². The first-order valence-electron chi connectivity index (χ1n) is 8.37. The second-order valence-electron chi connectivity index (χ2n) is 6.91. The lowest BCUT2D eigenvalue weighted by molar-refractivity contribution is -0.970. The Morgan fingerprint density at radius 3 is 2.30 bits per heavy atom. The average molecular weight is 327 g/mol. The van der Waals surface area contributed by atoms with Crippen LogP contribution in [0, 0.1) is 5.92 Å². The summed E-state index contributed by atoms with van der Waals surface area (Å²) < 4.78 is 0.836. The van der Waals surface area contributed by atoms with Gasteiger partial charge in [-0.15, -0.1) is 0 Å². The second kappa shape index (κ2) is 5.77. The van der Waals surface area contributed by atoms with E-state index in [1.165, 1.54) is 5.56 Å². The third-order valence-electron chi connectivity index (χ3n) is 5.61. The van der Waals surface area contributed by atoms with Crippen LogP contribution in [-0.4, -0.2) is 23.4 Å². The Labute approximate surface area is 142 Å². The SMILES string of the molecule is O=C1C2CC[N+](Cc3ccccc3)(CC2)C1c1ccccc1Cl. The van der Waals surface area contributed by atoms with E-state index >= 15 is 0 Å². The summed E-state index contributed by atoms with van der Waals surface area (Å²) in [5.74, 6) is 0.624. The maximum atomic E-state index is 13.1. The van der Waals surface area contributed by atoms with Gasteiger partial charge >= 0.3 is 0 Å². The molecule has 5 rings (SSSR count). The van der Waals surface area contributed by atoms with E-state index in [1.807, 2.05) is 30.3 Å². The van der Waals surface area contributed by atoms with Gasteiger partial charge in [-0.2, -0.15) is 0 Å². The first kappa shape index (κ1) is 14.9. The number of hydrogen-bond donors (Lipinski definition) is 0. The van der Waals surface area contributed by atoms with Crippen LogP contribution in [0.4, 0.5) is 0 Å². The van der Waals surface area contributed by atoms with Crippen molar-refractivity contribution in [2.75, 3.05) is 13.1 Å². The summed E-state index contributed by atoms with van der Waals surface area (Å²) in [7, 11) is 0. The van der Waals surface area contributed by atoms with Crippen LogP contribution in [0.2, 0.25) is 5.02 Å². The Morgan fingerprint density at radius 1 is 0.957 bits per heavy atom. The lowest BCUT2D eigenvalue weighted by Gasteiger charge is -2.53. The number of Topliss-reactive ketones (excluding diaryl/α,β-unsaturated/α-hetero) is 1. The van der Waals surface area contributed by atoms with Crippen molar-refractivity contribution in [2.24, 2.45) is 5.92 Å². The molecule has 3 saturated heterocycles. The zero-order valence-electron chi connectivity index (χ0n) is 13.1. The first-order chi connectivity index (χ1) is 11.2. The maximum absolute atomic E-state index is 13.1. The molecule has 3 aliphatic rings. The standard InChI is InChI=1S/C20H21ClNO/c21-18-9-5-4-8-17(18)19-20(23)16-10-12-22(19,13-11-16)14-15-6-2-1-3-7-15/h1-9,16,19H,10-14H2/q+1. The molecule has 0 aliphatic carbocycles. The fourth-order valence-electron chi connectivity index (χ4n) is 4.46. The van der Waals surface area contributed by atoms with Crippen molar-refractivity contribution in [3.8, 4) is 0 Å². The van der Waals surface area contributed by atoms with E-state index < -0.39 is 0 Å². The Morgan fingerprint density at radius 2 is 1.61 bits per heavy atom. The third kappa shape index (κ3) is 2.50. The van der Waals surface area contributed by atoms with Gasteiger partial charge in [-0.25, -0.2) is 0 Å². The Bertz CT molecular complexity index is 719. The second-order valence-corrected chi connectivity index (χ2v) is 7.32. The number of quaternary nitrogens is 1. The number of carbonyl (C=O) groups excluding carboxylic acids is 1. The molecule has 23 heavy (non-hydrogen) atoms. The third-order valence-corrected chi connectivity index (χ3v) is 5.95. The van der Waals surface area contributed by atoms with Gasteiger partial charge in [0.05, 0.1) is 18.1 Å². The van der Waals surface area contributed by atoms with Crippen LogP contribution in [0.5, 0.6) is 0 Å². The van der Waals surface area contributed by atoms with Gasteiger partial charge in [0.15, 0.2) is 11.8 Å². The van der Waals surface area contributed by atoms with Crippen LogP contribution in [0.15, 0.2) is 54.6 Å². The van der Waals surface area contributed by atoms with Crippen molar-refractivity contribution in [1.82, 2.24) is 0 Å². The molecule has 0 radical (unpaired) electrons. The summed E-state index contributed by atoms with van der Waals surface area (Å²) in [5, 5.41) is 0.726. The van der Waals surface area contributed by atoms with Crippen LogP contribution < -0.4 is 0 Å². The Hall–Kier alpha value is -1.64. The molecule has 0 aromatic heterocycles. The minimum atomic E-state index is -0.101. The minimum absolute atomic E-state index is 0.101. The predicted molar refractivity (Wildman–Crippen MR) is 92.1 cm³/mol. The molecule has 0 amide bonds. The van der Waals surface area contributed by atoms with Crippen LogP contribution >= 0.6 is 11.6 Å². The van der Waals surface area contributed by atoms with E-state index in [1.54, 1.807) is 0 Å². The summed E-state index contributed by atoms with van der Waals surface area (Å²) in [6.07, 6.45) is 2.04. The zero-order valence-corrected chi connectivity index (χ0v) is 13.9. The van der Waals surface area contributed by atoms with Gasteiger partial charge in [0.25, 0.3) is 0 Å². The number of benzene rings is 2. The summed E-state index contributed by atoms with van der Waals surface area (Å²) in [6.45, 7) is 3.05. The highest BCUT2D eigenvalue weighted by atomic mass is 35.5. The summed E-state index contributed by atoms with van der Waals surface area (Å²) in [5.41, 5.74) is 2.32. The van der Waals surface area contributed by atoms with Gasteiger partial charge in [-0.05, 0) is 6.07 Å². The van der Waals surface area contributed by atoms with Crippen LogP contribution in [-0.2, 0) is 11.3 Å². The molecule has 1 atom stereocenters. The monoisotopic (exact) mass is 326 g/mol. The fourth-order valence-corrected chi connectivity index (χ4v) is 4.70. The van der Waals surface area contributed by atoms with Crippen LogP contribution in [0.3, 0.4) is 0 Å². The average Bonchev–Trinajstić information content (AvgIpc) is 2.58. The number of carbonyl (C=O) groups is 1. The molecule has 0 saturated carbocycles. The topological polar surface area (TPSA) is 17.1 Å². The van der Waals surface area contributed by atoms with Crippen molar-refractivity contribution in [3.05, 3.63) is 70.7 Å². The summed E-state index contributed by atoms with van der Waals surface area (Å²) in [6, 6.07) is 18.3. The van der Waals surface area contributed by atoms with Crippen molar-refractivity contribution in [3.63, 3.8) is 0 Å². The lowest BCUT2D eigenvalue weighted by atomic mass is 9.76. The van der Waals surface area contributed by atoms with Gasteiger partial charge in [0, 0.05) is 29.9 Å². The largest absolute Gasteiger partial charge is 0.307 e. The van der Waals surface area contributed by atoms with Crippen LogP contribution in [0.1, 0.15) is 30.0 Å². The molecule has 3 heteroatoms. The highest BCUT2D eigenvalue weighted by Crippen LogP contribution is 2.46. The van der Waals surface area contributed by atoms with E-state index in [2.05, 4.69) is 24.3 Å². The number of hydrogen-bond acceptors (Lipinski definition) is 1. The molecule has 2 nitrogen and oxygen atoms in total. The quantitative estimate of drug-likeness (QED) is 0.764. The maximum Gasteiger partial charge on any atom is 0.198 e. The number of piperidine rings is 3. The molecule has 118 valence electrons. The molecule has 2 aromatic carbocycles. The number of nitrogens with zero attached hydrogens (tertiary/aromatic N) is 1. The molecule has 0 spiro atoms. The van der Waals surface area contributed by atoms with Gasteiger partial charge < -0.3 is 4.48 Å². The zero-order chi connectivity index (χ0) is 15.9. The highest BCUT2D eigenvalue weighted by molar-refractivity contribution is 6.31. The minimum Gasteiger partial charge on any atom is -0.307 e. The molecule has 1 unspecified atom stereocenters. The molecular formula is C20H21ClNO+. The normalized spacial score (nSPS) is 29.7. The molecule has 0 N–H and O–H groups in total. The number of rotatable bonds is 3. The van der Waals surface area contributed by atoms with Crippen LogP contribution in [0.25, 0.3) is 0 Å². The van der Waals surface area contributed by atoms with E-state index in [9.17, 15) is 4.79 Å². The number of ketones is 1. The van der Waals surface area contributed by atoms with Crippen molar-refractivity contribution in [1.29, 1.82) is 0 Å². The first-order valence-corrected chi connectivity index (χ1v) is 8.75. The molecule has 3 heterocycles. The molecular weight excluding hydrogens is 306 g/mol. The molecule has 2 aromatic rings.